The Morgan fingerprint density at radius 1 is 0.382 bits per heavy atom. The van der Waals surface area contributed by atoms with Gasteiger partial charge in [-0.05, 0) is 48.6 Å². The van der Waals surface area contributed by atoms with Crippen molar-refractivity contribution in [2.75, 3.05) is 0 Å². The molecule has 1 aliphatic carbocycles. The maximum atomic E-state index is 15.4. The average Bonchev–Trinajstić information content (AvgIpc) is 3.43. The number of rotatable bonds is 9. The molecular formula is C53H28BF20NO. The van der Waals surface area contributed by atoms with Gasteiger partial charge >= 0.3 is 0 Å². The third kappa shape index (κ3) is 8.89. The number of para-hydroxylation sites is 1. The highest BCUT2D eigenvalue weighted by atomic mass is 19.2. The number of hydrogen-bond donors (Lipinski definition) is 0. The Labute approximate surface area is 415 Å². The first-order valence-corrected chi connectivity index (χ1v) is 22.3. The third-order valence-electron chi connectivity index (χ3n) is 13.3. The van der Waals surface area contributed by atoms with E-state index in [-0.39, 0.29) is 5.78 Å². The van der Waals surface area contributed by atoms with Gasteiger partial charge in [0, 0.05) is 28.6 Å². The molecule has 0 spiro atoms. The molecule has 1 aliphatic rings. The summed E-state index contributed by atoms with van der Waals surface area (Å²) in [7, 11) is 0. The first-order valence-electron chi connectivity index (χ1n) is 22.3. The summed E-state index contributed by atoms with van der Waals surface area (Å²) in [6, 6.07) is 31.2. The molecule has 0 radical (unpaired) electrons. The number of ketones is 1. The van der Waals surface area contributed by atoms with Crippen LogP contribution in [0.5, 0.6) is 0 Å². The van der Waals surface area contributed by atoms with E-state index >= 15 is 35.1 Å². The Balaban J connectivity index is 0.000000215. The monoisotopic (exact) mass is 1090 g/mol. The molecule has 1 fully saturated rings. The van der Waals surface area contributed by atoms with Gasteiger partial charge in [0.05, 0.1) is 0 Å². The molecule has 7 aromatic carbocycles. The van der Waals surface area contributed by atoms with Crippen molar-refractivity contribution in [2.45, 2.75) is 44.6 Å². The predicted molar refractivity (Wildman–Crippen MR) is 235 cm³/mol. The van der Waals surface area contributed by atoms with Crippen molar-refractivity contribution in [3.63, 3.8) is 0 Å². The van der Waals surface area contributed by atoms with Gasteiger partial charge in [-0.15, -0.1) is 21.9 Å². The fourth-order valence-electron chi connectivity index (χ4n) is 9.78. The fourth-order valence-corrected chi connectivity index (χ4v) is 9.78. The van der Waals surface area contributed by atoms with Crippen molar-refractivity contribution in [3.05, 3.63) is 218 Å². The van der Waals surface area contributed by atoms with Gasteiger partial charge in [-0.25, -0.2) is 87.8 Å². The summed E-state index contributed by atoms with van der Waals surface area (Å²) >= 11 is 0. The zero-order chi connectivity index (χ0) is 55.4. The molecule has 0 N–H and O–H groups in total. The molecule has 2 nitrogen and oxygen atoms in total. The van der Waals surface area contributed by atoms with Crippen LogP contribution in [0.15, 0.2) is 91.0 Å². The summed E-state index contributed by atoms with van der Waals surface area (Å²) in [5, 5.41) is 1.14. The smallest absolute Gasteiger partial charge is 0.227 e. The molecule has 0 bridgehead atoms. The highest BCUT2D eigenvalue weighted by Gasteiger charge is 2.52. The molecule has 1 heterocycles. The van der Waals surface area contributed by atoms with E-state index in [0.29, 0.717) is 12.5 Å². The van der Waals surface area contributed by atoms with Crippen LogP contribution in [0.1, 0.15) is 53.9 Å². The van der Waals surface area contributed by atoms with E-state index < -0.39 is 144 Å². The number of pyridine rings is 1. The van der Waals surface area contributed by atoms with Crippen molar-refractivity contribution in [1.29, 1.82) is 0 Å². The molecule has 0 unspecified atom stereocenters. The maximum absolute atomic E-state index is 15.4. The molecule has 76 heavy (non-hydrogen) atoms. The van der Waals surface area contributed by atoms with Gasteiger partial charge in [-0.3, -0.25) is 4.79 Å². The molecule has 0 saturated heterocycles. The number of aromatic nitrogens is 1. The van der Waals surface area contributed by atoms with Crippen LogP contribution >= 0.6 is 0 Å². The van der Waals surface area contributed by atoms with Crippen LogP contribution < -0.4 is 26.4 Å². The van der Waals surface area contributed by atoms with Crippen LogP contribution in [-0.4, -0.2) is 11.9 Å². The fraction of sp³-hybridized carbons (Fsp3) is 0.132. The molecule has 0 atom stereocenters. The quantitative estimate of drug-likeness (QED) is 0.0352. The van der Waals surface area contributed by atoms with E-state index in [1.54, 1.807) is 0 Å². The van der Waals surface area contributed by atoms with Gasteiger partial charge in [-0.2, -0.15) is 4.57 Å². The Kier molecular flexibility index (Phi) is 15.2. The minimum absolute atomic E-state index is 0.127. The predicted octanol–water partition coefficient (Wildman–Crippen LogP) is 12.6. The van der Waals surface area contributed by atoms with Crippen molar-refractivity contribution in [1.82, 2.24) is 0 Å². The van der Waals surface area contributed by atoms with Crippen molar-refractivity contribution in [3.8, 4) is 11.3 Å². The summed E-state index contributed by atoms with van der Waals surface area (Å²) in [4.78, 5) is 13.1. The lowest BCUT2D eigenvalue weighted by Gasteiger charge is -2.44. The lowest BCUT2D eigenvalue weighted by Crippen LogP contribution is -2.81. The standard InChI is InChI=1S/C29H28NO.C24BF20/c31-29(26-12-5-2-6-13-26)21-30-27-14-8-7-11-24(27)19-20-28(30)25-17-15-23(16-18-25)22-9-3-1-4-10-22;26-5-1(6(27)14(35)21(42)13(5)34)25(2-7(28)15(36)22(43)16(37)8(2)29,3-9(30)17(38)23(44)18(39)10(3)31)4-11(32)19(40)24(45)20(41)12(4)33/h2,5-8,11-20,22H,1,3-4,9-10,21H2;/q+1;-1. The van der Waals surface area contributed by atoms with Gasteiger partial charge in [0.1, 0.15) is 52.7 Å². The second-order valence-electron chi connectivity index (χ2n) is 17.4. The van der Waals surface area contributed by atoms with Crippen molar-refractivity contribution >= 4 is 44.7 Å². The number of hydrogen-bond acceptors (Lipinski definition) is 1. The number of nitrogens with zero attached hydrogens (tertiary/aromatic N) is 1. The van der Waals surface area contributed by atoms with Crippen LogP contribution in [0, 0.1) is 116 Å². The van der Waals surface area contributed by atoms with Gasteiger partial charge < -0.3 is 0 Å². The Morgan fingerprint density at radius 2 is 0.724 bits per heavy atom. The first kappa shape index (κ1) is 54.5. The Bertz CT molecular complexity index is 3240. The van der Waals surface area contributed by atoms with E-state index in [1.807, 2.05) is 42.5 Å². The lowest BCUT2D eigenvalue weighted by molar-refractivity contribution is -0.646. The highest BCUT2D eigenvalue weighted by Crippen LogP contribution is 2.35. The van der Waals surface area contributed by atoms with Gasteiger partial charge in [0.15, 0.2) is 69.8 Å². The largest absolute Gasteiger partial charge is 0.287 e. The zero-order valence-electron chi connectivity index (χ0n) is 38.0. The van der Waals surface area contributed by atoms with Crippen molar-refractivity contribution in [2.24, 2.45) is 0 Å². The zero-order valence-corrected chi connectivity index (χ0v) is 38.0. The number of fused-ring (bicyclic) bond motifs is 1. The molecular weight excluding hydrogens is 1060 g/mol. The Hall–Kier alpha value is -7.72. The van der Waals surface area contributed by atoms with Gasteiger partial charge in [-0.1, -0.05) is 73.9 Å². The van der Waals surface area contributed by atoms with Crippen LogP contribution in [0.2, 0.25) is 0 Å². The normalized spacial score (nSPS) is 13.1. The second kappa shape index (κ2) is 21.1. The van der Waals surface area contributed by atoms with Gasteiger partial charge in [0.2, 0.25) is 23.5 Å². The van der Waals surface area contributed by atoms with E-state index in [0.717, 1.165) is 27.7 Å². The molecule has 0 amide bonds. The summed E-state index contributed by atoms with van der Waals surface area (Å²) < 4.78 is 296. The summed E-state index contributed by atoms with van der Waals surface area (Å²) in [6.45, 7) is 0.324. The molecule has 23 heteroatoms. The third-order valence-corrected chi connectivity index (χ3v) is 13.3. The average molecular weight is 1090 g/mol. The molecule has 394 valence electrons. The van der Waals surface area contributed by atoms with E-state index in [1.165, 1.54) is 37.7 Å². The first-order chi connectivity index (χ1) is 36.0. The summed E-state index contributed by atoms with van der Waals surface area (Å²) in [5.74, 6) is -70.6. The maximum Gasteiger partial charge on any atom is 0.227 e. The number of benzene rings is 7. The lowest BCUT2D eigenvalue weighted by atomic mass is 9.12. The minimum atomic E-state index is -7.22. The second-order valence-corrected chi connectivity index (χ2v) is 17.4. The molecule has 1 saturated carbocycles. The molecule has 0 aliphatic heterocycles. The SMILES string of the molecule is Fc1c(F)c(F)c([B-](c2c(F)c(F)c(F)c(F)c2F)(c2c(F)c(F)c(F)c(F)c2F)c2c(F)c(F)c(F)c(F)c2F)c(F)c1F.O=C(C[n+]1c(-c2ccc(C3CCCCC3)cc2)ccc2ccccc21)c1ccccc1. The van der Waals surface area contributed by atoms with Crippen LogP contribution in [-0.2, 0) is 6.54 Å². The van der Waals surface area contributed by atoms with E-state index in [2.05, 4.69) is 53.1 Å². The highest BCUT2D eigenvalue weighted by molar-refractivity contribution is 7.20. The molecule has 1 aromatic heterocycles. The van der Waals surface area contributed by atoms with Crippen LogP contribution in [0.4, 0.5) is 87.8 Å². The van der Waals surface area contributed by atoms with Crippen LogP contribution in [0.25, 0.3) is 22.2 Å². The minimum Gasteiger partial charge on any atom is -0.287 e. The van der Waals surface area contributed by atoms with E-state index in [4.69, 9.17) is 0 Å². The number of carbonyl (C=O) groups excluding carboxylic acids is 1. The number of carbonyl (C=O) groups is 1. The number of Topliss-reactive ketones (excluding diaryl/α,β-unsaturated/α-hetero) is 1. The van der Waals surface area contributed by atoms with Gasteiger partial charge in [0.25, 0.3) is 0 Å². The molecule has 9 rings (SSSR count). The topological polar surface area (TPSA) is 20.9 Å². The summed E-state index contributed by atoms with van der Waals surface area (Å²) in [6.07, 6.45) is -0.536. The van der Waals surface area contributed by atoms with E-state index in [9.17, 15) is 57.5 Å². The summed E-state index contributed by atoms with van der Waals surface area (Å²) in [5.41, 5.74) is -8.80. The number of halogens is 20. The van der Waals surface area contributed by atoms with Crippen LogP contribution in [0.3, 0.4) is 0 Å². The van der Waals surface area contributed by atoms with Crippen molar-refractivity contribution < 1.29 is 97.2 Å². The Morgan fingerprint density at radius 3 is 1.11 bits per heavy atom. The molecule has 8 aromatic rings.